The van der Waals surface area contributed by atoms with E-state index in [4.69, 9.17) is 0 Å². The first-order valence-electron chi connectivity index (χ1n) is 7.34. The van der Waals surface area contributed by atoms with Crippen LogP contribution in [0.5, 0.6) is 0 Å². The van der Waals surface area contributed by atoms with Gasteiger partial charge in [-0.2, -0.15) is 5.10 Å². The molecule has 104 valence electrons. The Balaban J connectivity index is 1.86. The average Bonchev–Trinajstić information content (AvgIpc) is 3.00. The monoisotopic (exact) mass is 267 g/mol. The minimum atomic E-state index is 0.299. The van der Waals surface area contributed by atoms with Crippen molar-refractivity contribution in [2.24, 2.45) is 0 Å². The summed E-state index contributed by atoms with van der Waals surface area (Å²) >= 11 is 0. The molecular formula is C17H21N3. The van der Waals surface area contributed by atoms with Crippen molar-refractivity contribution in [2.75, 3.05) is 7.05 Å². The van der Waals surface area contributed by atoms with E-state index in [9.17, 15) is 0 Å². The van der Waals surface area contributed by atoms with Gasteiger partial charge in [-0.05, 0) is 44.9 Å². The van der Waals surface area contributed by atoms with Gasteiger partial charge in [0.05, 0.1) is 17.9 Å². The first-order chi connectivity index (χ1) is 9.88. The molecule has 0 aliphatic heterocycles. The molecule has 3 heteroatoms. The fourth-order valence-electron chi connectivity index (χ4n) is 2.90. The van der Waals surface area contributed by atoms with Gasteiger partial charge in [-0.15, -0.1) is 0 Å². The van der Waals surface area contributed by atoms with E-state index >= 15 is 0 Å². The molecule has 0 fully saturated rings. The maximum atomic E-state index is 4.50. The fourth-order valence-corrected chi connectivity index (χ4v) is 2.90. The molecule has 2 aromatic rings. The molecule has 1 unspecified atom stereocenters. The zero-order chi connectivity index (χ0) is 13.8. The smallest absolute Gasteiger partial charge is 0.0645 e. The Morgan fingerprint density at radius 1 is 1.20 bits per heavy atom. The molecular weight excluding hydrogens is 246 g/mol. The Labute approximate surface area is 120 Å². The highest BCUT2D eigenvalue weighted by molar-refractivity contribution is 5.33. The van der Waals surface area contributed by atoms with Crippen LogP contribution in [0, 0.1) is 0 Å². The summed E-state index contributed by atoms with van der Waals surface area (Å²) in [6.45, 7) is 0. The number of rotatable bonds is 4. The van der Waals surface area contributed by atoms with E-state index < -0.39 is 0 Å². The van der Waals surface area contributed by atoms with Crippen LogP contribution in [0.3, 0.4) is 0 Å². The second-order valence-electron chi connectivity index (χ2n) is 5.30. The van der Waals surface area contributed by atoms with E-state index in [1.807, 2.05) is 36.1 Å². The molecule has 1 aliphatic rings. The lowest BCUT2D eigenvalue weighted by Crippen LogP contribution is -2.19. The van der Waals surface area contributed by atoms with Crippen molar-refractivity contribution < 1.29 is 0 Å². The molecule has 1 aromatic heterocycles. The quantitative estimate of drug-likeness (QED) is 0.857. The Morgan fingerprint density at radius 3 is 2.75 bits per heavy atom. The molecule has 0 saturated carbocycles. The van der Waals surface area contributed by atoms with Crippen molar-refractivity contribution in [3.63, 3.8) is 0 Å². The van der Waals surface area contributed by atoms with Crippen LogP contribution in [0.15, 0.2) is 54.4 Å². The summed E-state index contributed by atoms with van der Waals surface area (Å²) in [6, 6.07) is 10.5. The van der Waals surface area contributed by atoms with Crippen molar-refractivity contribution in [3.05, 3.63) is 59.9 Å². The predicted molar refractivity (Wildman–Crippen MR) is 81.9 cm³/mol. The van der Waals surface area contributed by atoms with Crippen LogP contribution < -0.4 is 5.32 Å². The van der Waals surface area contributed by atoms with Crippen LogP contribution in [0.4, 0.5) is 0 Å². The van der Waals surface area contributed by atoms with Crippen LogP contribution in [0.2, 0.25) is 0 Å². The van der Waals surface area contributed by atoms with Crippen LogP contribution >= 0.6 is 0 Å². The van der Waals surface area contributed by atoms with Gasteiger partial charge in [-0.3, -0.25) is 0 Å². The van der Waals surface area contributed by atoms with E-state index in [0.29, 0.717) is 6.04 Å². The van der Waals surface area contributed by atoms with E-state index in [1.165, 1.54) is 36.8 Å². The molecule has 0 radical (unpaired) electrons. The summed E-state index contributed by atoms with van der Waals surface area (Å²) in [4.78, 5) is 0. The van der Waals surface area contributed by atoms with Gasteiger partial charge in [-0.1, -0.05) is 29.8 Å². The predicted octanol–water partition coefficient (Wildman–Crippen LogP) is 3.63. The maximum Gasteiger partial charge on any atom is 0.0645 e. The molecule has 1 atom stereocenters. The molecule has 0 spiro atoms. The highest BCUT2D eigenvalue weighted by Crippen LogP contribution is 2.29. The van der Waals surface area contributed by atoms with Gasteiger partial charge < -0.3 is 5.32 Å². The summed E-state index contributed by atoms with van der Waals surface area (Å²) in [5.74, 6) is 0. The molecule has 1 heterocycles. The van der Waals surface area contributed by atoms with Crippen molar-refractivity contribution in [2.45, 2.75) is 31.7 Å². The highest BCUT2D eigenvalue weighted by Gasteiger charge is 2.18. The molecule has 0 saturated heterocycles. The van der Waals surface area contributed by atoms with E-state index in [-0.39, 0.29) is 0 Å². The van der Waals surface area contributed by atoms with Crippen LogP contribution in [0.1, 0.15) is 37.3 Å². The van der Waals surface area contributed by atoms with Crippen LogP contribution in [-0.2, 0) is 0 Å². The van der Waals surface area contributed by atoms with E-state index in [2.05, 4.69) is 34.8 Å². The standard InChI is InChI=1S/C17H21N3/c1-18-17(14-8-4-2-5-9-14)15-12-19-20(13-15)16-10-6-3-7-11-16/h3,6-8,10-13,17-18H,2,4-5,9H2,1H3. The number of nitrogens with zero attached hydrogens (tertiary/aromatic N) is 2. The summed E-state index contributed by atoms with van der Waals surface area (Å²) in [5.41, 5.74) is 3.85. The first kappa shape index (κ1) is 13.1. The largest absolute Gasteiger partial charge is 0.310 e. The second kappa shape index (κ2) is 6.06. The molecule has 3 nitrogen and oxygen atoms in total. The van der Waals surface area contributed by atoms with Crippen LogP contribution in [0.25, 0.3) is 5.69 Å². The molecule has 1 aromatic carbocycles. The summed E-state index contributed by atoms with van der Waals surface area (Å²) in [7, 11) is 2.03. The zero-order valence-electron chi connectivity index (χ0n) is 11.9. The minimum Gasteiger partial charge on any atom is -0.310 e. The lowest BCUT2D eigenvalue weighted by Gasteiger charge is -2.21. The Morgan fingerprint density at radius 2 is 2.05 bits per heavy atom. The highest BCUT2D eigenvalue weighted by atomic mass is 15.3. The number of hydrogen-bond acceptors (Lipinski definition) is 2. The molecule has 0 amide bonds. The normalized spacial score (nSPS) is 16.8. The number of allylic oxidation sites excluding steroid dienone is 1. The Bertz CT molecular complexity index is 583. The summed E-state index contributed by atoms with van der Waals surface area (Å²) in [6.07, 6.45) is 11.5. The van der Waals surface area contributed by atoms with Gasteiger partial charge in [0, 0.05) is 11.8 Å². The van der Waals surface area contributed by atoms with Gasteiger partial charge in [0.25, 0.3) is 0 Å². The van der Waals surface area contributed by atoms with Crippen molar-refractivity contribution in [1.29, 1.82) is 0 Å². The van der Waals surface area contributed by atoms with E-state index in [1.54, 1.807) is 0 Å². The van der Waals surface area contributed by atoms with Crippen molar-refractivity contribution in [1.82, 2.24) is 15.1 Å². The average molecular weight is 267 g/mol. The third-order valence-electron chi connectivity index (χ3n) is 3.94. The van der Waals surface area contributed by atoms with Gasteiger partial charge >= 0.3 is 0 Å². The zero-order valence-corrected chi connectivity index (χ0v) is 11.9. The second-order valence-corrected chi connectivity index (χ2v) is 5.30. The Hall–Kier alpha value is -1.87. The molecule has 1 N–H and O–H groups in total. The Kier molecular flexibility index (Phi) is 3.97. The third kappa shape index (κ3) is 2.68. The lowest BCUT2D eigenvalue weighted by molar-refractivity contribution is 0.593. The molecule has 0 bridgehead atoms. The number of benzene rings is 1. The van der Waals surface area contributed by atoms with Gasteiger partial charge in [0.2, 0.25) is 0 Å². The maximum absolute atomic E-state index is 4.50. The summed E-state index contributed by atoms with van der Waals surface area (Å²) in [5, 5.41) is 7.93. The van der Waals surface area contributed by atoms with Crippen molar-refractivity contribution >= 4 is 0 Å². The van der Waals surface area contributed by atoms with Gasteiger partial charge in [-0.25, -0.2) is 4.68 Å². The lowest BCUT2D eigenvalue weighted by atomic mass is 9.91. The van der Waals surface area contributed by atoms with E-state index in [0.717, 1.165) is 5.69 Å². The fraction of sp³-hybridized carbons (Fsp3) is 0.353. The number of likely N-dealkylation sites (N-methyl/N-ethyl adjacent to an activating group) is 1. The summed E-state index contributed by atoms with van der Waals surface area (Å²) < 4.78 is 1.95. The molecule has 20 heavy (non-hydrogen) atoms. The molecule has 1 aliphatic carbocycles. The first-order valence-corrected chi connectivity index (χ1v) is 7.34. The number of nitrogens with one attached hydrogen (secondary N) is 1. The van der Waals surface area contributed by atoms with Crippen molar-refractivity contribution in [3.8, 4) is 5.69 Å². The number of para-hydroxylation sites is 1. The molecule has 3 rings (SSSR count). The number of aromatic nitrogens is 2. The SMILES string of the molecule is CNC(C1=CCCCC1)c1cnn(-c2ccccc2)c1. The minimum absolute atomic E-state index is 0.299. The number of hydrogen-bond donors (Lipinski definition) is 1. The topological polar surface area (TPSA) is 29.9 Å². The van der Waals surface area contributed by atoms with Gasteiger partial charge in [0.1, 0.15) is 0 Å². The third-order valence-corrected chi connectivity index (χ3v) is 3.94. The van der Waals surface area contributed by atoms with Gasteiger partial charge in [0.15, 0.2) is 0 Å². The van der Waals surface area contributed by atoms with Crippen LogP contribution in [-0.4, -0.2) is 16.8 Å².